The maximum absolute atomic E-state index is 4.32. The number of rotatable bonds is 4. The van der Waals surface area contributed by atoms with Crippen LogP contribution in [0, 0.1) is 0 Å². The van der Waals surface area contributed by atoms with Gasteiger partial charge in [0.25, 0.3) is 0 Å². The van der Waals surface area contributed by atoms with Gasteiger partial charge in [0.1, 0.15) is 0 Å². The van der Waals surface area contributed by atoms with Crippen LogP contribution in [0.25, 0.3) is 0 Å². The number of hydrogen-bond acceptors (Lipinski definition) is 3. The largest absolute Gasteiger partial charge is 0.264 e. The van der Waals surface area contributed by atoms with Crippen LogP contribution in [0.15, 0.2) is 36.8 Å². The molecular weight excluding hydrogens is 222 g/mol. The van der Waals surface area contributed by atoms with Gasteiger partial charge >= 0.3 is 0 Å². The molecule has 2 aromatic rings. The standard InChI is InChI=1S/C15H19N3/c1-11(2)14-8-13(9-16-10-14)7-12(3)15-5-4-6-17-18-15/h4-6,8-12H,7H2,1-3H3. The Kier molecular flexibility index (Phi) is 4.03. The van der Waals surface area contributed by atoms with E-state index in [1.54, 1.807) is 6.20 Å². The molecule has 2 rings (SSSR count). The van der Waals surface area contributed by atoms with E-state index < -0.39 is 0 Å². The third kappa shape index (κ3) is 3.13. The molecule has 0 aromatic carbocycles. The fourth-order valence-electron chi connectivity index (χ4n) is 1.97. The fraction of sp³-hybridized carbons (Fsp3) is 0.400. The Morgan fingerprint density at radius 1 is 1.17 bits per heavy atom. The van der Waals surface area contributed by atoms with Crippen molar-refractivity contribution in [1.29, 1.82) is 0 Å². The van der Waals surface area contributed by atoms with Crippen molar-refractivity contribution >= 4 is 0 Å². The number of hydrogen-bond donors (Lipinski definition) is 0. The maximum Gasteiger partial charge on any atom is 0.0662 e. The highest BCUT2D eigenvalue weighted by atomic mass is 15.1. The Hall–Kier alpha value is -1.77. The van der Waals surface area contributed by atoms with Crippen molar-refractivity contribution in [3.05, 3.63) is 53.6 Å². The number of pyridine rings is 1. The van der Waals surface area contributed by atoms with Crippen molar-refractivity contribution in [3.63, 3.8) is 0 Å². The molecule has 18 heavy (non-hydrogen) atoms. The Morgan fingerprint density at radius 2 is 2.00 bits per heavy atom. The summed E-state index contributed by atoms with van der Waals surface area (Å²) in [5.41, 5.74) is 3.59. The number of nitrogens with zero attached hydrogens (tertiary/aromatic N) is 3. The Bertz CT molecular complexity index is 494. The van der Waals surface area contributed by atoms with Gasteiger partial charge in [0, 0.05) is 24.5 Å². The van der Waals surface area contributed by atoms with Gasteiger partial charge in [0.05, 0.1) is 5.69 Å². The highest BCUT2D eigenvalue weighted by Crippen LogP contribution is 2.20. The summed E-state index contributed by atoms with van der Waals surface area (Å²) in [4.78, 5) is 4.32. The van der Waals surface area contributed by atoms with Gasteiger partial charge in [-0.1, -0.05) is 26.8 Å². The van der Waals surface area contributed by atoms with Crippen LogP contribution in [0.1, 0.15) is 49.4 Å². The van der Waals surface area contributed by atoms with Crippen LogP contribution in [0.3, 0.4) is 0 Å². The molecule has 1 unspecified atom stereocenters. The average Bonchev–Trinajstić information content (AvgIpc) is 2.40. The molecule has 0 bridgehead atoms. The summed E-state index contributed by atoms with van der Waals surface area (Å²) in [6.45, 7) is 6.55. The minimum absolute atomic E-state index is 0.364. The van der Waals surface area contributed by atoms with E-state index in [9.17, 15) is 0 Å². The lowest BCUT2D eigenvalue weighted by atomic mass is 9.96. The van der Waals surface area contributed by atoms with Crippen molar-refractivity contribution < 1.29 is 0 Å². The summed E-state index contributed by atoms with van der Waals surface area (Å²) in [6, 6.07) is 6.20. The molecule has 0 amide bonds. The normalized spacial score (nSPS) is 12.7. The van der Waals surface area contributed by atoms with Crippen LogP contribution in [0.4, 0.5) is 0 Å². The van der Waals surface area contributed by atoms with Crippen LogP contribution < -0.4 is 0 Å². The van der Waals surface area contributed by atoms with E-state index in [4.69, 9.17) is 0 Å². The van der Waals surface area contributed by atoms with Crippen molar-refractivity contribution in [2.24, 2.45) is 0 Å². The molecule has 0 N–H and O–H groups in total. The van der Waals surface area contributed by atoms with E-state index in [1.807, 2.05) is 24.5 Å². The van der Waals surface area contributed by atoms with Gasteiger partial charge in [-0.3, -0.25) is 4.98 Å². The monoisotopic (exact) mass is 241 g/mol. The smallest absolute Gasteiger partial charge is 0.0662 e. The molecule has 0 radical (unpaired) electrons. The highest BCUT2D eigenvalue weighted by molar-refractivity contribution is 5.22. The lowest BCUT2D eigenvalue weighted by Crippen LogP contribution is -2.03. The fourth-order valence-corrected chi connectivity index (χ4v) is 1.97. The summed E-state index contributed by atoms with van der Waals surface area (Å²) in [6.07, 6.45) is 6.54. The molecular formula is C15H19N3. The van der Waals surface area contributed by atoms with E-state index in [-0.39, 0.29) is 0 Å². The van der Waals surface area contributed by atoms with Crippen LogP contribution in [-0.4, -0.2) is 15.2 Å². The zero-order valence-electron chi connectivity index (χ0n) is 11.2. The summed E-state index contributed by atoms with van der Waals surface area (Å²) in [5.74, 6) is 0.882. The molecule has 94 valence electrons. The van der Waals surface area contributed by atoms with Crippen LogP contribution in [-0.2, 0) is 6.42 Å². The van der Waals surface area contributed by atoms with Gasteiger partial charge in [-0.2, -0.15) is 10.2 Å². The minimum atomic E-state index is 0.364. The predicted octanol–water partition coefficient (Wildman–Crippen LogP) is 3.34. The van der Waals surface area contributed by atoms with Crippen LogP contribution >= 0.6 is 0 Å². The van der Waals surface area contributed by atoms with E-state index in [1.165, 1.54) is 11.1 Å². The molecule has 3 heteroatoms. The summed E-state index contributed by atoms with van der Waals surface area (Å²) < 4.78 is 0. The van der Waals surface area contributed by atoms with Crippen molar-refractivity contribution in [2.45, 2.75) is 39.0 Å². The predicted molar refractivity (Wildman–Crippen MR) is 72.5 cm³/mol. The molecule has 3 nitrogen and oxygen atoms in total. The van der Waals surface area contributed by atoms with Gasteiger partial charge in [-0.05, 0) is 35.6 Å². The zero-order valence-corrected chi connectivity index (χ0v) is 11.2. The number of aromatic nitrogens is 3. The van der Waals surface area contributed by atoms with Crippen LogP contribution in [0.5, 0.6) is 0 Å². The van der Waals surface area contributed by atoms with Crippen molar-refractivity contribution in [2.75, 3.05) is 0 Å². The van der Waals surface area contributed by atoms with E-state index in [2.05, 4.69) is 42.0 Å². The third-order valence-corrected chi connectivity index (χ3v) is 3.12. The van der Waals surface area contributed by atoms with Gasteiger partial charge in [-0.15, -0.1) is 0 Å². The molecule has 0 aliphatic heterocycles. The second-order valence-electron chi connectivity index (χ2n) is 5.03. The van der Waals surface area contributed by atoms with E-state index >= 15 is 0 Å². The van der Waals surface area contributed by atoms with Crippen molar-refractivity contribution in [3.8, 4) is 0 Å². The first-order valence-corrected chi connectivity index (χ1v) is 6.38. The molecule has 0 aliphatic carbocycles. The van der Waals surface area contributed by atoms with E-state index in [0.29, 0.717) is 11.8 Å². The SMILES string of the molecule is CC(C)c1cncc(CC(C)c2cccnn2)c1. The molecule has 0 saturated heterocycles. The quantitative estimate of drug-likeness (QED) is 0.824. The molecule has 2 heterocycles. The molecule has 0 aliphatic rings. The average molecular weight is 241 g/mol. The molecule has 0 saturated carbocycles. The van der Waals surface area contributed by atoms with Gasteiger partial charge < -0.3 is 0 Å². The van der Waals surface area contributed by atoms with Crippen LogP contribution in [0.2, 0.25) is 0 Å². The second kappa shape index (κ2) is 5.71. The third-order valence-electron chi connectivity index (χ3n) is 3.12. The lowest BCUT2D eigenvalue weighted by molar-refractivity contribution is 0.706. The zero-order chi connectivity index (χ0) is 13.0. The maximum atomic E-state index is 4.32. The van der Waals surface area contributed by atoms with Gasteiger partial charge in [0.2, 0.25) is 0 Å². The second-order valence-corrected chi connectivity index (χ2v) is 5.03. The minimum Gasteiger partial charge on any atom is -0.264 e. The summed E-state index contributed by atoms with van der Waals surface area (Å²) >= 11 is 0. The lowest BCUT2D eigenvalue weighted by Gasteiger charge is -2.12. The van der Waals surface area contributed by atoms with E-state index in [0.717, 1.165) is 12.1 Å². The summed E-state index contributed by atoms with van der Waals surface area (Å²) in [5, 5.41) is 8.09. The van der Waals surface area contributed by atoms with Gasteiger partial charge in [-0.25, -0.2) is 0 Å². The molecule has 0 fully saturated rings. The first kappa shape index (κ1) is 12.7. The highest BCUT2D eigenvalue weighted by Gasteiger charge is 2.09. The first-order valence-electron chi connectivity index (χ1n) is 6.38. The molecule has 0 spiro atoms. The Labute approximate surface area is 108 Å². The first-order chi connectivity index (χ1) is 8.66. The van der Waals surface area contributed by atoms with Crippen molar-refractivity contribution in [1.82, 2.24) is 15.2 Å². The topological polar surface area (TPSA) is 38.7 Å². The Balaban J connectivity index is 2.12. The van der Waals surface area contributed by atoms with Gasteiger partial charge in [0.15, 0.2) is 0 Å². The summed E-state index contributed by atoms with van der Waals surface area (Å²) in [7, 11) is 0. The Morgan fingerprint density at radius 3 is 2.67 bits per heavy atom. The molecule has 1 atom stereocenters. The molecule has 2 aromatic heterocycles.